The third-order valence-corrected chi connectivity index (χ3v) is 4.54. The minimum absolute atomic E-state index is 0.0571. The number of carbonyl (C=O) groups excluding carboxylic acids is 1. The lowest BCUT2D eigenvalue weighted by molar-refractivity contribution is 0.0865. The van der Waals surface area contributed by atoms with Gasteiger partial charge in [-0.2, -0.15) is 0 Å². The second kappa shape index (κ2) is 8.29. The van der Waals surface area contributed by atoms with E-state index < -0.39 is 0 Å². The van der Waals surface area contributed by atoms with Crippen LogP contribution in [0.4, 0.5) is 0 Å². The summed E-state index contributed by atoms with van der Waals surface area (Å²) in [5, 5.41) is 3.62. The van der Waals surface area contributed by atoms with Crippen molar-refractivity contribution in [3.63, 3.8) is 0 Å². The van der Waals surface area contributed by atoms with Gasteiger partial charge in [0, 0.05) is 43.3 Å². The van der Waals surface area contributed by atoms with Crippen LogP contribution in [0.3, 0.4) is 0 Å². The lowest BCUT2D eigenvalue weighted by atomic mass is 10.2. The SMILES string of the molecule is O=C(NCN1CCN(Cc2ccccc2)CC1)c1ccc(Cl)cc1. The number of carbonyl (C=O) groups is 1. The van der Waals surface area contributed by atoms with E-state index >= 15 is 0 Å². The van der Waals surface area contributed by atoms with Gasteiger partial charge in [-0.1, -0.05) is 41.9 Å². The number of nitrogens with zero attached hydrogens (tertiary/aromatic N) is 2. The van der Waals surface area contributed by atoms with Gasteiger partial charge in [0.25, 0.3) is 5.91 Å². The fraction of sp³-hybridized carbons (Fsp3) is 0.316. The molecule has 0 spiro atoms. The van der Waals surface area contributed by atoms with Crippen molar-refractivity contribution in [1.29, 1.82) is 0 Å². The molecule has 1 aliphatic rings. The maximum Gasteiger partial charge on any atom is 0.252 e. The topological polar surface area (TPSA) is 35.6 Å². The first-order valence-corrected chi connectivity index (χ1v) is 8.61. The number of nitrogens with one attached hydrogen (secondary N) is 1. The van der Waals surface area contributed by atoms with E-state index in [2.05, 4.69) is 39.4 Å². The summed E-state index contributed by atoms with van der Waals surface area (Å²) in [5.41, 5.74) is 1.99. The lowest BCUT2D eigenvalue weighted by Crippen LogP contribution is -2.49. The van der Waals surface area contributed by atoms with Crippen LogP contribution in [-0.4, -0.2) is 48.6 Å². The van der Waals surface area contributed by atoms with Crippen molar-refractivity contribution in [2.45, 2.75) is 6.54 Å². The fourth-order valence-corrected chi connectivity index (χ4v) is 2.96. The van der Waals surface area contributed by atoms with Gasteiger partial charge in [-0.15, -0.1) is 0 Å². The first-order chi connectivity index (χ1) is 11.7. The van der Waals surface area contributed by atoms with Crippen LogP contribution >= 0.6 is 11.6 Å². The van der Waals surface area contributed by atoms with E-state index in [0.717, 1.165) is 32.7 Å². The van der Waals surface area contributed by atoms with Crippen LogP contribution in [0.25, 0.3) is 0 Å². The van der Waals surface area contributed by atoms with Gasteiger partial charge >= 0.3 is 0 Å². The summed E-state index contributed by atoms with van der Waals surface area (Å²) in [5.74, 6) is -0.0571. The third-order valence-electron chi connectivity index (χ3n) is 4.28. The molecule has 24 heavy (non-hydrogen) atoms. The predicted octanol–water partition coefficient (Wildman–Crippen LogP) is 2.85. The average molecular weight is 344 g/mol. The van der Waals surface area contributed by atoms with Crippen molar-refractivity contribution in [2.24, 2.45) is 0 Å². The normalized spacial score (nSPS) is 16.0. The molecule has 0 aromatic heterocycles. The Hall–Kier alpha value is -1.88. The van der Waals surface area contributed by atoms with Gasteiger partial charge in [0.15, 0.2) is 0 Å². The van der Waals surface area contributed by atoms with Gasteiger partial charge in [0.1, 0.15) is 0 Å². The zero-order valence-electron chi connectivity index (χ0n) is 13.6. The van der Waals surface area contributed by atoms with Crippen LogP contribution in [0.15, 0.2) is 54.6 Å². The molecule has 126 valence electrons. The van der Waals surface area contributed by atoms with Gasteiger partial charge in [0.2, 0.25) is 0 Å². The van der Waals surface area contributed by atoms with Crippen LogP contribution in [0.1, 0.15) is 15.9 Å². The molecular formula is C19H22ClN3O. The molecule has 1 saturated heterocycles. The summed E-state index contributed by atoms with van der Waals surface area (Å²) in [6.07, 6.45) is 0. The second-order valence-electron chi connectivity index (χ2n) is 6.05. The maximum atomic E-state index is 12.1. The number of amides is 1. The predicted molar refractivity (Wildman–Crippen MR) is 97.1 cm³/mol. The Morgan fingerprint density at radius 2 is 1.54 bits per heavy atom. The highest BCUT2D eigenvalue weighted by molar-refractivity contribution is 6.30. The van der Waals surface area contributed by atoms with Gasteiger partial charge in [-0.25, -0.2) is 0 Å². The highest BCUT2D eigenvalue weighted by Gasteiger charge is 2.17. The summed E-state index contributed by atoms with van der Waals surface area (Å²) in [6.45, 7) is 5.55. The number of rotatable bonds is 5. The molecule has 0 atom stereocenters. The zero-order chi connectivity index (χ0) is 16.8. The van der Waals surface area contributed by atoms with Crippen molar-refractivity contribution in [3.05, 3.63) is 70.7 Å². The van der Waals surface area contributed by atoms with Crippen molar-refractivity contribution in [2.75, 3.05) is 32.8 Å². The molecule has 0 radical (unpaired) electrons. The van der Waals surface area contributed by atoms with Crippen molar-refractivity contribution in [3.8, 4) is 0 Å². The summed E-state index contributed by atoms with van der Waals surface area (Å²) < 4.78 is 0. The molecule has 4 nitrogen and oxygen atoms in total. The quantitative estimate of drug-likeness (QED) is 0.906. The molecule has 0 bridgehead atoms. The van der Waals surface area contributed by atoms with E-state index in [1.165, 1.54) is 5.56 Å². The largest absolute Gasteiger partial charge is 0.339 e. The Labute approximate surface area is 148 Å². The number of piperazine rings is 1. The second-order valence-corrected chi connectivity index (χ2v) is 6.49. The molecule has 1 aliphatic heterocycles. The number of halogens is 1. The summed E-state index contributed by atoms with van der Waals surface area (Å²) in [7, 11) is 0. The molecule has 2 aromatic rings. The van der Waals surface area contributed by atoms with Gasteiger partial charge in [0.05, 0.1) is 6.67 Å². The Balaban J connectivity index is 1.41. The molecular weight excluding hydrogens is 322 g/mol. The molecule has 1 N–H and O–H groups in total. The molecule has 1 amide bonds. The first kappa shape index (κ1) is 17.0. The van der Waals surface area contributed by atoms with Crippen LogP contribution in [0.5, 0.6) is 0 Å². The molecule has 5 heteroatoms. The molecule has 1 fully saturated rings. The molecule has 0 saturated carbocycles. The van der Waals surface area contributed by atoms with Crippen LogP contribution in [-0.2, 0) is 6.54 Å². The Morgan fingerprint density at radius 1 is 0.917 bits per heavy atom. The monoisotopic (exact) mass is 343 g/mol. The molecule has 0 unspecified atom stereocenters. The highest BCUT2D eigenvalue weighted by Crippen LogP contribution is 2.10. The van der Waals surface area contributed by atoms with Crippen LogP contribution in [0.2, 0.25) is 5.02 Å². The van der Waals surface area contributed by atoms with Gasteiger partial charge < -0.3 is 5.32 Å². The third kappa shape index (κ3) is 4.81. The van der Waals surface area contributed by atoms with E-state index in [4.69, 9.17) is 11.6 Å². The van der Waals surface area contributed by atoms with Crippen molar-refractivity contribution >= 4 is 17.5 Å². The minimum Gasteiger partial charge on any atom is -0.339 e. The fourth-order valence-electron chi connectivity index (χ4n) is 2.83. The molecule has 1 heterocycles. The summed E-state index contributed by atoms with van der Waals surface area (Å²) >= 11 is 5.84. The standard InChI is InChI=1S/C19H22ClN3O/c20-18-8-6-17(7-9-18)19(24)21-15-23-12-10-22(11-13-23)14-16-4-2-1-3-5-16/h1-9H,10-15H2,(H,21,24). The zero-order valence-corrected chi connectivity index (χ0v) is 14.4. The lowest BCUT2D eigenvalue weighted by Gasteiger charge is -2.34. The van der Waals surface area contributed by atoms with Gasteiger partial charge in [-0.05, 0) is 29.8 Å². The van der Waals surface area contributed by atoms with Crippen LogP contribution in [0, 0.1) is 0 Å². The number of hydrogen-bond acceptors (Lipinski definition) is 3. The van der Waals surface area contributed by atoms with E-state index in [0.29, 0.717) is 17.3 Å². The van der Waals surface area contributed by atoms with E-state index in [-0.39, 0.29) is 5.91 Å². The smallest absolute Gasteiger partial charge is 0.252 e. The minimum atomic E-state index is -0.0571. The molecule has 0 aliphatic carbocycles. The Morgan fingerprint density at radius 3 is 2.21 bits per heavy atom. The van der Waals surface area contributed by atoms with Crippen LogP contribution < -0.4 is 5.32 Å². The molecule has 3 rings (SSSR count). The first-order valence-electron chi connectivity index (χ1n) is 8.23. The van der Waals surface area contributed by atoms with Crippen molar-refractivity contribution < 1.29 is 4.79 Å². The van der Waals surface area contributed by atoms with E-state index in [1.807, 2.05) is 6.07 Å². The Kier molecular flexibility index (Phi) is 5.86. The van der Waals surface area contributed by atoms with E-state index in [9.17, 15) is 4.79 Å². The Bertz CT molecular complexity index is 652. The summed E-state index contributed by atoms with van der Waals surface area (Å²) in [4.78, 5) is 16.8. The highest BCUT2D eigenvalue weighted by atomic mass is 35.5. The van der Waals surface area contributed by atoms with E-state index in [1.54, 1.807) is 24.3 Å². The number of hydrogen-bond donors (Lipinski definition) is 1. The van der Waals surface area contributed by atoms with Gasteiger partial charge in [-0.3, -0.25) is 14.6 Å². The van der Waals surface area contributed by atoms with Crippen molar-refractivity contribution in [1.82, 2.24) is 15.1 Å². The molecule has 2 aromatic carbocycles. The number of benzene rings is 2. The maximum absolute atomic E-state index is 12.1. The summed E-state index contributed by atoms with van der Waals surface area (Å²) in [6, 6.07) is 17.5. The average Bonchev–Trinajstić information content (AvgIpc) is 2.62.